The molecule has 6 heteroatoms. The van der Waals surface area contributed by atoms with Crippen LogP contribution in [-0.2, 0) is 25.9 Å². The molecule has 1 aliphatic rings. The van der Waals surface area contributed by atoms with E-state index in [1.807, 2.05) is 6.07 Å². The summed E-state index contributed by atoms with van der Waals surface area (Å²) in [6.45, 7) is 3.52. The lowest BCUT2D eigenvalue weighted by Gasteiger charge is -2.18. The fourth-order valence-electron chi connectivity index (χ4n) is 3.92. The molecule has 0 bridgehead atoms. The number of nitrogens with zero attached hydrogens (tertiary/aromatic N) is 3. The number of nitrogens with two attached hydrogens (primary N) is 1. The first-order chi connectivity index (χ1) is 13.0. The van der Waals surface area contributed by atoms with Gasteiger partial charge in [0, 0.05) is 17.0 Å². The van der Waals surface area contributed by atoms with Gasteiger partial charge in [-0.2, -0.15) is 0 Å². The molecule has 1 aliphatic carbocycles. The summed E-state index contributed by atoms with van der Waals surface area (Å²) in [5.74, 6) is 2.33. The fraction of sp³-hybridized carbons (Fsp3) is 0.429. The molecule has 0 saturated heterocycles. The van der Waals surface area contributed by atoms with Crippen LogP contribution in [0.1, 0.15) is 40.2 Å². The highest BCUT2D eigenvalue weighted by atomic mass is 32.1. The van der Waals surface area contributed by atoms with Crippen LogP contribution >= 0.6 is 11.3 Å². The van der Waals surface area contributed by atoms with Crippen molar-refractivity contribution in [2.75, 3.05) is 19.9 Å². The van der Waals surface area contributed by atoms with Crippen LogP contribution in [-0.4, -0.2) is 29.0 Å². The number of methoxy groups -OCH3 is 1. The van der Waals surface area contributed by atoms with Crippen molar-refractivity contribution < 1.29 is 4.74 Å². The number of nitrogen functional groups attached to an aromatic ring is 1. The fourth-order valence-corrected chi connectivity index (χ4v) is 5.21. The Morgan fingerprint density at radius 1 is 1.19 bits per heavy atom. The van der Waals surface area contributed by atoms with Gasteiger partial charge in [0.2, 0.25) is 0 Å². The molecule has 2 aromatic heterocycles. The molecule has 0 saturated carbocycles. The van der Waals surface area contributed by atoms with Crippen LogP contribution in [0.15, 0.2) is 18.2 Å². The van der Waals surface area contributed by atoms with Gasteiger partial charge in [0.1, 0.15) is 22.2 Å². The maximum Gasteiger partial charge on any atom is 0.146 e. The Hall–Kier alpha value is -2.18. The number of hydrogen-bond acceptors (Lipinski definition) is 6. The van der Waals surface area contributed by atoms with E-state index in [1.54, 1.807) is 18.4 Å². The molecule has 0 amide bonds. The molecule has 2 N–H and O–H groups in total. The van der Waals surface area contributed by atoms with Crippen LogP contribution in [0.2, 0.25) is 0 Å². The summed E-state index contributed by atoms with van der Waals surface area (Å²) in [5, 5.41) is 1.10. The second-order valence-corrected chi connectivity index (χ2v) is 8.49. The van der Waals surface area contributed by atoms with Gasteiger partial charge in [-0.3, -0.25) is 4.90 Å². The smallest absolute Gasteiger partial charge is 0.146 e. The van der Waals surface area contributed by atoms with E-state index in [9.17, 15) is 0 Å². The number of ether oxygens (including phenoxy) is 1. The van der Waals surface area contributed by atoms with Crippen molar-refractivity contribution in [2.24, 2.45) is 0 Å². The van der Waals surface area contributed by atoms with E-state index in [0.717, 1.165) is 41.2 Å². The van der Waals surface area contributed by atoms with Crippen molar-refractivity contribution in [3.05, 3.63) is 45.6 Å². The van der Waals surface area contributed by atoms with Crippen molar-refractivity contribution in [1.82, 2.24) is 14.9 Å². The van der Waals surface area contributed by atoms with E-state index in [0.29, 0.717) is 12.4 Å². The predicted molar refractivity (Wildman–Crippen MR) is 111 cm³/mol. The van der Waals surface area contributed by atoms with Crippen molar-refractivity contribution in [3.63, 3.8) is 0 Å². The quantitative estimate of drug-likeness (QED) is 0.720. The summed E-state index contributed by atoms with van der Waals surface area (Å²) in [6.07, 6.45) is 4.76. The van der Waals surface area contributed by atoms with Crippen LogP contribution in [0, 0.1) is 6.92 Å². The number of fused-ring (bicyclic) bond motifs is 3. The van der Waals surface area contributed by atoms with E-state index < -0.39 is 0 Å². The standard InChI is InChI=1S/C21H26N4OS/c1-13-8-9-16(26-3)14(10-13)11-25(2)12-18-23-20(22)19-15-6-4-5-7-17(15)27-21(19)24-18/h8-10H,4-7,11-12H2,1-3H3,(H2,22,23,24). The summed E-state index contributed by atoms with van der Waals surface area (Å²) in [5.41, 5.74) is 10.1. The van der Waals surface area contributed by atoms with E-state index in [-0.39, 0.29) is 0 Å². The van der Waals surface area contributed by atoms with Gasteiger partial charge < -0.3 is 10.5 Å². The lowest BCUT2D eigenvalue weighted by atomic mass is 9.97. The maximum absolute atomic E-state index is 6.34. The highest BCUT2D eigenvalue weighted by Gasteiger charge is 2.20. The Morgan fingerprint density at radius 2 is 2.00 bits per heavy atom. The van der Waals surface area contributed by atoms with Crippen LogP contribution in [0.25, 0.3) is 10.2 Å². The second kappa shape index (κ2) is 7.44. The third kappa shape index (κ3) is 3.64. The van der Waals surface area contributed by atoms with Crippen molar-refractivity contribution in [1.29, 1.82) is 0 Å². The second-order valence-electron chi connectivity index (χ2n) is 7.40. The predicted octanol–water partition coefficient (Wildman–Crippen LogP) is 4.10. The molecule has 27 heavy (non-hydrogen) atoms. The van der Waals surface area contributed by atoms with Crippen LogP contribution in [0.5, 0.6) is 5.75 Å². The van der Waals surface area contributed by atoms with E-state index in [2.05, 4.69) is 36.0 Å². The number of benzene rings is 1. The molecular weight excluding hydrogens is 356 g/mol. The van der Waals surface area contributed by atoms with E-state index in [1.165, 1.54) is 34.4 Å². The Balaban J connectivity index is 1.57. The van der Waals surface area contributed by atoms with Crippen LogP contribution < -0.4 is 10.5 Å². The topological polar surface area (TPSA) is 64.3 Å². The third-order valence-electron chi connectivity index (χ3n) is 5.18. The number of anilines is 1. The third-order valence-corrected chi connectivity index (χ3v) is 6.36. The summed E-state index contributed by atoms with van der Waals surface area (Å²) >= 11 is 1.80. The van der Waals surface area contributed by atoms with Crippen molar-refractivity contribution in [3.8, 4) is 5.75 Å². The van der Waals surface area contributed by atoms with Gasteiger partial charge in [-0.15, -0.1) is 11.3 Å². The first-order valence-corrected chi connectivity index (χ1v) is 10.3. The normalized spacial score (nSPS) is 13.9. The lowest BCUT2D eigenvalue weighted by Crippen LogP contribution is -2.19. The highest BCUT2D eigenvalue weighted by Crippen LogP contribution is 2.37. The Bertz CT molecular complexity index is 982. The zero-order chi connectivity index (χ0) is 19.0. The average molecular weight is 383 g/mol. The number of aryl methyl sites for hydroxylation is 3. The van der Waals surface area contributed by atoms with Gasteiger partial charge >= 0.3 is 0 Å². The minimum Gasteiger partial charge on any atom is -0.496 e. The molecule has 3 aromatic rings. The molecule has 0 aliphatic heterocycles. The molecule has 0 unspecified atom stereocenters. The first-order valence-electron chi connectivity index (χ1n) is 9.44. The van der Waals surface area contributed by atoms with E-state index >= 15 is 0 Å². The van der Waals surface area contributed by atoms with Crippen LogP contribution in [0.4, 0.5) is 5.82 Å². The summed E-state index contributed by atoms with van der Waals surface area (Å²) in [4.78, 5) is 14.2. The van der Waals surface area contributed by atoms with Gasteiger partial charge in [0.25, 0.3) is 0 Å². The summed E-state index contributed by atoms with van der Waals surface area (Å²) in [6, 6.07) is 6.26. The minimum atomic E-state index is 0.635. The Labute approximate surface area is 164 Å². The van der Waals surface area contributed by atoms with Gasteiger partial charge in [-0.05, 0) is 51.3 Å². The molecular formula is C21H26N4OS. The van der Waals surface area contributed by atoms with Gasteiger partial charge in [-0.1, -0.05) is 17.7 Å². The molecule has 0 atom stereocenters. The van der Waals surface area contributed by atoms with E-state index in [4.69, 9.17) is 15.5 Å². The van der Waals surface area contributed by atoms with Crippen molar-refractivity contribution >= 4 is 27.4 Å². The lowest BCUT2D eigenvalue weighted by molar-refractivity contribution is 0.303. The summed E-state index contributed by atoms with van der Waals surface area (Å²) < 4.78 is 5.50. The number of thiophene rings is 1. The van der Waals surface area contributed by atoms with Crippen molar-refractivity contribution in [2.45, 2.75) is 45.7 Å². The highest BCUT2D eigenvalue weighted by molar-refractivity contribution is 7.19. The molecule has 2 heterocycles. The number of aromatic nitrogens is 2. The number of rotatable bonds is 5. The molecule has 1 aromatic carbocycles. The Morgan fingerprint density at radius 3 is 2.81 bits per heavy atom. The molecule has 5 nitrogen and oxygen atoms in total. The summed E-state index contributed by atoms with van der Waals surface area (Å²) in [7, 11) is 3.79. The first kappa shape index (κ1) is 18.2. The monoisotopic (exact) mass is 382 g/mol. The SMILES string of the molecule is COc1ccc(C)cc1CN(C)Cc1nc(N)c2c3c(sc2n1)CCCC3. The molecule has 0 radical (unpaired) electrons. The molecule has 4 rings (SSSR count). The van der Waals surface area contributed by atoms with Gasteiger partial charge in [0.15, 0.2) is 0 Å². The number of hydrogen-bond donors (Lipinski definition) is 1. The van der Waals surface area contributed by atoms with Crippen LogP contribution in [0.3, 0.4) is 0 Å². The molecule has 0 spiro atoms. The molecule has 142 valence electrons. The maximum atomic E-state index is 6.34. The molecule has 0 fully saturated rings. The zero-order valence-corrected chi connectivity index (χ0v) is 17.0. The zero-order valence-electron chi connectivity index (χ0n) is 16.2. The average Bonchev–Trinajstić information content (AvgIpc) is 3.00. The Kier molecular flexibility index (Phi) is 5.02. The largest absolute Gasteiger partial charge is 0.496 e. The van der Waals surface area contributed by atoms with Gasteiger partial charge in [-0.25, -0.2) is 9.97 Å². The minimum absolute atomic E-state index is 0.635. The van der Waals surface area contributed by atoms with Gasteiger partial charge in [0.05, 0.1) is 19.0 Å².